The van der Waals surface area contributed by atoms with Gasteiger partial charge < -0.3 is 5.11 Å². The molecule has 2 rings (SSSR count). The van der Waals surface area contributed by atoms with Crippen LogP contribution in [-0.2, 0) is 11.8 Å². The van der Waals surface area contributed by atoms with E-state index in [1.54, 1.807) is 11.3 Å². The lowest BCUT2D eigenvalue weighted by Crippen LogP contribution is -2.09. The number of benzene rings is 1. The Morgan fingerprint density at radius 2 is 2.06 bits per heavy atom. The maximum absolute atomic E-state index is 8.91. The molecule has 2 aromatic rings. The molecule has 0 aliphatic carbocycles. The van der Waals surface area contributed by atoms with Crippen LogP contribution in [0.15, 0.2) is 18.2 Å². The lowest BCUT2D eigenvalue weighted by Gasteiger charge is -2.13. The number of aromatic nitrogens is 1. The van der Waals surface area contributed by atoms with Crippen LogP contribution in [0.3, 0.4) is 0 Å². The maximum atomic E-state index is 8.91. The van der Waals surface area contributed by atoms with Crippen molar-refractivity contribution in [2.75, 3.05) is 6.61 Å². The van der Waals surface area contributed by atoms with Gasteiger partial charge in [0.15, 0.2) is 0 Å². The molecular formula is C13H17NOS. The molecule has 0 aliphatic rings. The average molecular weight is 235 g/mol. The van der Waals surface area contributed by atoms with Gasteiger partial charge in [-0.2, -0.15) is 0 Å². The normalized spacial score (nSPS) is 12.2. The van der Waals surface area contributed by atoms with E-state index in [0.29, 0.717) is 0 Å². The Labute approximate surface area is 100.0 Å². The van der Waals surface area contributed by atoms with Crippen molar-refractivity contribution < 1.29 is 5.11 Å². The van der Waals surface area contributed by atoms with E-state index >= 15 is 0 Å². The predicted molar refractivity (Wildman–Crippen MR) is 69.1 cm³/mol. The van der Waals surface area contributed by atoms with Crippen molar-refractivity contribution in [1.29, 1.82) is 0 Å². The fourth-order valence-corrected chi connectivity index (χ4v) is 2.66. The third-order valence-corrected chi connectivity index (χ3v) is 3.94. The molecule has 0 fully saturated rings. The van der Waals surface area contributed by atoms with Crippen LogP contribution < -0.4 is 0 Å². The lowest BCUT2D eigenvalue weighted by molar-refractivity contribution is 0.299. The first-order valence-corrected chi connectivity index (χ1v) is 6.33. The van der Waals surface area contributed by atoms with Crippen LogP contribution in [0.25, 0.3) is 10.2 Å². The molecule has 3 heteroatoms. The van der Waals surface area contributed by atoms with Gasteiger partial charge in [-0.1, -0.05) is 26.8 Å². The van der Waals surface area contributed by atoms with Gasteiger partial charge in [-0.3, -0.25) is 0 Å². The largest absolute Gasteiger partial charge is 0.396 e. The molecule has 0 saturated carbocycles. The number of thiazole rings is 1. The van der Waals surface area contributed by atoms with E-state index in [-0.39, 0.29) is 12.0 Å². The molecule has 1 aromatic heterocycles. The smallest absolute Gasteiger partial charge is 0.0992 e. The highest BCUT2D eigenvalue weighted by molar-refractivity contribution is 7.18. The Kier molecular flexibility index (Phi) is 3.00. The lowest BCUT2D eigenvalue weighted by atomic mass is 9.98. The van der Waals surface area contributed by atoms with E-state index in [1.165, 1.54) is 15.3 Å². The summed E-state index contributed by atoms with van der Waals surface area (Å²) in [6.07, 6.45) is 0.721. The summed E-state index contributed by atoms with van der Waals surface area (Å²) in [5, 5.41) is 10.1. The van der Waals surface area contributed by atoms with Gasteiger partial charge in [-0.05, 0) is 24.1 Å². The summed E-state index contributed by atoms with van der Waals surface area (Å²) in [7, 11) is 0. The molecule has 0 spiro atoms. The highest BCUT2D eigenvalue weighted by Crippen LogP contribution is 2.31. The van der Waals surface area contributed by atoms with E-state index < -0.39 is 0 Å². The molecule has 0 radical (unpaired) electrons. The number of aliphatic hydroxyl groups excluding tert-OH is 1. The highest BCUT2D eigenvalue weighted by atomic mass is 32.1. The summed E-state index contributed by atoms with van der Waals surface area (Å²) >= 11 is 1.75. The molecule has 0 unspecified atom stereocenters. The van der Waals surface area contributed by atoms with Crippen molar-refractivity contribution in [1.82, 2.24) is 4.98 Å². The van der Waals surface area contributed by atoms with Crippen LogP contribution in [0.1, 0.15) is 31.3 Å². The van der Waals surface area contributed by atoms with Crippen molar-refractivity contribution in [3.8, 4) is 0 Å². The van der Waals surface area contributed by atoms with Gasteiger partial charge in [0, 0.05) is 12.0 Å². The van der Waals surface area contributed by atoms with Gasteiger partial charge in [0.1, 0.15) is 0 Å². The van der Waals surface area contributed by atoms with Crippen LogP contribution >= 0.6 is 11.3 Å². The van der Waals surface area contributed by atoms with Gasteiger partial charge in [0.25, 0.3) is 0 Å². The molecule has 0 bridgehead atoms. The SMILES string of the molecule is CC(C)(C)c1nc2ccc(CCO)cc2s1. The molecule has 1 N–H and O–H groups in total. The molecule has 1 heterocycles. The summed E-state index contributed by atoms with van der Waals surface area (Å²) in [5.41, 5.74) is 2.36. The standard InChI is InChI=1S/C13H17NOS/c1-13(2,3)12-14-10-5-4-9(6-7-15)8-11(10)16-12/h4-5,8,15H,6-7H2,1-3H3. The minimum absolute atomic E-state index is 0.112. The van der Waals surface area contributed by atoms with Crippen molar-refractivity contribution in [2.24, 2.45) is 0 Å². The van der Waals surface area contributed by atoms with Gasteiger partial charge in [-0.15, -0.1) is 11.3 Å². The quantitative estimate of drug-likeness (QED) is 0.867. The summed E-state index contributed by atoms with van der Waals surface area (Å²) in [5.74, 6) is 0. The first-order chi connectivity index (χ1) is 7.50. The minimum Gasteiger partial charge on any atom is -0.396 e. The van der Waals surface area contributed by atoms with Gasteiger partial charge >= 0.3 is 0 Å². The monoisotopic (exact) mass is 235 g/mol. The zero-order valence-electron chi connectivity index (χ0n) is 9.95. The summed E-state index contributed by atoms with van der Waals surface area (Å²) in [4.78, 5) is 4.64. The third-order valence-electron chi connectivity index (χ3n) is 2.49. The summed E-state index contributed by atoms with van der Waals surface area (Å²) in [6, 6.07) is 6.23. The second kappa shape index (κ2) is 4.15. The summed E-state index contributed by atoms with van der Waals surface area (Å²) < 4.78 is 1.22. The van der Waals surface area contributed by atoms with Crippen molar-refractivity contribution in [3.05, 3.63) is 28.8 Å². The Morgan fingerprint density at radius 3 is 2.69 bits per heavy atom. The van der Waals surface area contributed by atoms with E-state index in [1.807, 2.05) is 12.1 Å². The van der Waals surface area contributed by atoms with E-state index in [2.05, 4.69) is 31.8 Å². The number of nitrogens with zero attached hydrogens (tertiary/aromatic N) is 1. The first kappa shape index (κ1) is 11.6. The van der Waals surface area contributed by atoms with Crippen molar-refractivity contribution >= 4 is 21.6 Å². The van der Waals surface area contributed by atoms with Crippen molar-refractivity contribution in [3.63, 3.8) is 0 Å². The Balaban J connectivity index is 2.46. The zero-order chi connectivity index (χ0) is 11.8. The second-order valence-electron chi connectivity index (χ2n) is 5.04. The Morgan fingerprint density at radius 1 is 1.31 bits per heavy atom. The van der Waals surface area contributed by atoms with Crippen LogP contribution in [0.5, 0.6) is 0 Å². The number of hydrogen-bond donors (Lipinski definition) is 1. The molecule has 2 nitrogen and oxygen atoms in total. The van der Waals surface area contributed by atoms with Crippen LogP contribution in [0.4, 0.5) is 0 Å². The highest BCUT2D eigenvalue weighted by Gasteiger charge is 2.18. The molecule has 0 saturated heterocycles. The second-order valence-corrected chi connectivity index (χ2v) is 6.08. The molecule has 0 atom stereocenters. The minimum atomic E-state index is 0.112. The first-order valence-electron chi connectivity index (χ1n) is 5.51. The molecule has 16 heavy (non-hydrogen) atoms. The van der Waals surface area contributed by atoms with Gasteiger partial charge in [0.2, 0.25) is 0 Å². The number of fused-ring (bicyclic) bond motifs is 1. The predicted octanol–water partition coefficient (Wildman–Crippen LogP) is 3.13. The van der Waals surface area contributed by atoms with Gasteiger partial charge in [0.05, 0.1) is 15.2 Å². The number of rotatable bonds is 2. The third kappa shape index (κ3) is 2.25. The Bertz CT molecular complexity index is 496. The van der Waals surface area contributed by atoms with E-state index in [9.17, 15) is 0 Å². The molecule has 86 valence electrons. The average Bonchev–Trinajstić information content (AvgIpc) is 2.60. The number of aliphatic hydroxyl groups is 1. The molecule has 1 aromatic carbocycles. The molecular weight excluding hydrogens is 218 g/mol. The fourth-order valence-electron chi connectivity index (χ4n) is 1.57. The maximum Gasteiger partial charge on any atom is 0.0992 e. The molecule has 0 amide bonds. The molecule has 0 aliphatic heterocycles. The van der Waals surface area contributed by atoms with Crippen LogP contribution in [0.2, 0.25) is 0 Å². The van der Waals surface area contributed by atoms with Crippen LogP contribution in [0, 0.1) is 0 Å². The topological polar surface area (TPSA) is 33.1 Å². The number of hydrogen-bond acceptors (Lipinski definition) is 3. The van der Waals surface area contributed by atoms with E-state index in [0.717, 1.165) is 11.9 Å². The Hall–Kier alpha value is -0.930. The fraction of sp³-hybridized carbons (Fsp3) is 0.462. The van der Waals surface area contributed by atoms with E-state index in [4.69, 9.17) is 5.11 Å². The summed E-state index contributed by atoms with van der Waals surface area (Å²) in [6.45, 7) is 6.74. The zero-order valence-corrected chi connectivity index (χ0v) is 10.8. The van der Waals surface area contributed by atoms with Gasteiger partial charge in [-0.25, -0.2) is 4.98 Å². The van der Waals surface area contributed by atoms with Crippen molar-refractivity contribution in [2.45, 2.75) is 32.6 Å². The van der Waals surface area contributed by atoms with Crippen LogP contribution in [-0.4, -0.2) is 16.7 Å².